The summed E-state index contributed by atoms with van der Waals surface area (Å²) in [6.07, 6.45) is 3.28. The molecule has 0 aliphatic carbocycles. The van der Waals surface area contributed by atoms with Crippen LogP contribution in [0.2, 0.25) is 5.02 Å². The fourth-order valence-corrected chi connectivity index (χ4v) is 2.25. The zero-order valence-electron chi connectivity index (χ0n) is 9.93. The summed E-state index contributed by atoms with van der Waals surface area (Å²) in [4.78, 5) is 11.8. The molecule has 17 heavy (non-hydrogen) atoms. The second-order valence-electron chi connectivity index (χ2n) is 4.02. The van der Waals surface area contributed by atoms with Gasteiger partial charge in [0.2, 0.25) is 0 Å². The number of nitrogens with one attached hydrogen (secondary N) is 1. The maximum absolute atomic E-state index is 11.8. The zero-order valence-corrected chi connectivity index (χ0v) is 12.3. The number of hydrogen-bond acceptors (Lipinski definition) is 1. The zero-order chi connectivity index (χ0) is 12.7. The van der Waals surface area contributed by atoms with Gasteiger partial charge in [-0.3, -0.25) is 4.79 Å². The summed E-state index contributed by atoms with van der Waals surface area (Å²) in [7, 11) is 0. The lowest BCUT2D eigenvalue weighted by molar-refractivity contribution is 0.0953. The summed E-state index contributed by atoms with van der Waals surface area (Å²) in [6, 6.07) is 5.39. The first-order valence-corrected chi connectivity index (χ1v) is 7.25. The fourth-order valence-electron chi connectivity index (χ4n) is 1.57. The monoisotopic (exact) mass is 317 g/mol. The van der Waals surface area contributed by atoms with Crippen molar-refractivity contribution in [2.24, 2.45) is 0 Å². The number of benzene rings is 1. The van der Waals surface area contributed by atoms with E-state index in [1.807, 2.05) is 19.1 Å². The molecule has 0 spiro atoms. The van der Waals surface area contributed by atoms with E-state index < -0.39 is 0 Å². The van der Waals surface area contributed by atoms with Gasteiger partial charge in [0.05, 0.1) is 0 Å². The Morgan fingerprint density at radius 3 is 2.71 bits per heavy atom. The molecule has 2 nitrogen and oxygen atoms in total. The lowest BCUT2D eigenvalue weighted by Gasteiger charge is -2.06. The molecule has 1 N–H and O–H groups in total. The van der Waals surface area contributed by atoms with Gasteiger partial charge < -0.3 is 5.32 Å². The number of unbranched alkanes of at least 4 members (excludes halogenated alkanes) is 2. The van der Waals surface area contributed by atoms with Crippen molar-refractivity contribution in [3.8, 4) is 0 Å². The molecular weight excluding hydrogens is 302 g/mol. The number of halogens is 2. The van der Waals surface area contributed by atoms with Crippen molar-refractivity contribution in [2.45, 2.75) is 26.2 Å². The maximum atomic E-state index is 11.8. The molecule has 4 heteroatoms. The molecule has 0 saturated heterocycles. The van der Waals surface area contributed by atoms with Crippen molar-refractivity contribution < 1.29 is 4.79 Å². The molecule has 1 amide bonds. The van der Waals surface area contributed by atoms with Gasteiger partial charge in [-0.15, -0.1) is 0 Å². The summed E-state index contributed by atoms with van der Waals surface area (Å²) in [5, 5.41) is 4.53. The van der Waals surface area contributed by atoms with Crippen LogP contribution < -0.4 is 5.32 Å². The van der Waals surface area contributed by atoms with E-state index in [1.54, 1.807) is 6.07 Å². The Morgan fingerprint density at radius 1 is 1.29 bits per heavy atom. The van der Waals surface area contributed by atoms with Gasteiger partial charge in [-0.2, -0.15) is 0 Å². The van der Waals surface area contributed by atoms with Gasteiger partial charge in [0.1, 0.15) is 0 Å². The average Bonchev–Trinajstić information content (AvgIpc) is 2.27. The second kappa shape index (κ2) is 7.72. The minimum Gasteiger partial charge on any atom is -0.352 e. The number of rotatable bonds is 6. The lowest BCUT2D eigenvalue weighted by Crippen LogP contribution is -2.24. The van der Waals surface area contributed by atoms with Crippen LogP contribution in [0.4, 0.5) is 0 Å². The van der Waals surface area contributed by atoms with Gasteiger partial charge in [0.15, 0.2) is 0 Å². The Balaban J connectivity index is 2.41. The van der Waals surface area contributed by atoms with Crippen LogP contribution in [0.25, 0.3) is 0 Å². The van der Waals surface area contributed by atoms with Crippen LogP contribution in [0.15, 0.2) is 18.2 Å². The predicted molar refractivity (Wildman–Crippen MR) is 76.2 cm³/mol. The highest BCUT2D eigenvalue weighted by atomic mass is 79.9. The van der Waals surface area contributed by atoms with E-state index in [0.29, 0.717) is 10.6 Å². The van der Waals surface area contributed by atoms with Crippen molar-refractivity contribution in [3.05, 3.63) is 34.3 Å². The highest BCUT2D eigenvalue weighted by Gasteiger charge is 2.06. The smallest absolute Gasteiger partial charge is 0.251 e. The highest BCUT2D eigenvalue weighted by molar-refractivity contribution is 9.09. The Kier molecular flexibility index (Phi) is 6.60. The van der Waals surface area contributed by atoms with Crippen molar-refractivity contribution >= 4 is 33.4 Å². The number of carbonyl (C=O) groups is 1. The van der Waals surface area contributed by atoms with Crippen LogP contribution in [0.5, 0.6) is 0 Å². The second-order valence-corrected chi connectivity index (χ2v) is 5.25. The minimum atomic E-state index is -0.0468. The topological polar surface area (TPSA) is 29.1 Å². The molecule has 0 heterocycles. The van der Waals surface area contributed by atoms with Crippen molar-refractivity contribution in [3.63, 3.8) is 0 Å². The van der Waals surface area contributed by atoms with E-state index in [0.717, 1.165) is 36.7 Å². The van der Waals surface area contributed by atoms with Crippen LogP contribution in [0, 0.1) is 6.92 Å². The Hall–Kier alpha value is -0.540. The highest BCUT2D eigenvalue weighted by Crippen LogP contribution is 2.14. The van der Waals surface area contributed by atoms with Crippen molar-refractivity contribution in [1.29, 1.82) is 0 Å². The van der Waals surface area contributed by atoms with Crippen LogP contribution in [-0.2, 0) is 0 Å². The van der Waals surface area contributed by atoms with Crippen LogP contribution in [0.1, 0.15) is 35.2 Å². The van der Waals surface area contributed by atoms with Crippen molar-refractivity contribution in [1.82, 2.24) is 5.32 Å². The van der Waals surface area contributed by atoms with E-state index in [9.17, 15) is 4.79 Å². The number of hydrogen-bond donors (Lipinski definition) is 1. The molecule has 0 aliphatic heterocycles. The van der Waals surface area contributed by atoms with Gasteiger partial charge >= 0.3 is 0 Å². The maximum Gasteiger partial charge on any atom is 0.251 e. The molecule has 0 bridgehead atoms. The van der Waals surface area contributed by atoms with Crippen LogP contribution in [0.3, 0.4) is 0 Å². The normalized spacial score (nSPS) is 10.3. The number of aryl methyl sites for hydroxylation is 1. The summed E-state index contributed by atoms with van der Waals surface area (Å²) in [6.45, 7) is 2.65. The Morgan fingerprint density at radius 2 is 2.06 bits per heavy atom. The summed E-state index contributed by atoms with van der Waals surface area (Å²) in [5.74, 6) is -0.0468. The standard InChI is InChI=1S/C13H17BrClNO/c1-10-7-11(9-12(15)8-10)13(17)16-6-4-2-3-5-14/h7-9H,2-6H2,1H3,(H,16,17). The molecule has 1 aromatic rings. The van der Waals surface area contributed by atoms with Crippen LogP contribution >= 0.6 is 27.5 Å². The largest absolute Gasteiger partial charge is 0.352 e. The molecule has 0 atom stereocenters. The quantitative estimate of drug-likeness (QED) is 0.624. The first-order chi connectivity index (χ1) is 8.13. The molecule has 1 aromatic carbocycles. The third-order valence-electron chi connectivity index (χ3n) is 2.40. The molecule has 0 aliphatic rings. The molecule has 0 aromatic heterocycles. The van der Waals surface area contributed by atoms with Gasteiger partial charge in [-0.1, -0.05) is 34.0 Å². The lowest BCUT2D eigenvalue weighted by atomic mass is 10.1. The average molecular weight is 319 g/mol. The van der Waals surface area contributed by atoms with Crippen molar-refractivity contribution in [2.75, 3.05) is 11.9 Å². The van der Waals surface area contributed by atoms with E-state index >= 15 is 0 Å². The third-order valence-corrected chi connectivity index (χ3v) is 3.18. The third kappa shape index (κ3) is 5.55. The predicted octanol–water partition coefficient (Wildman–Crippen LogP) is 3.94. The van der Waals surface area contributed by atoms with E-state index in [4.69, 9.17) is 11.6 Å². The molecule has 1 rings (SSSR count). The van der Waals surface area contributed by atoms with E-state index in [-0.39, 0.29) is 5.91 Å². The summed E-state index contributed by atoms with van der Waals surface area (Å²) < 4.78 is 0. The van der Waals surface area contributed by atoms with Crippen LogP contribution in [-0.4, -0.2) is 17.8 Å². The molecule has 94 valence electrons. The number of alkyl halides is 1. The minimum absolute atomic E-state index is 0.0468. The number of carbonyl (C=O) groups excluding carboxylic acids is 1. The van der Waals surface area contributed by atoms with Gasteiger partial charge in [-0.05, 0) is 43.5 Å². The Labute approximate surface area is 116 Å². The summed E-state index contributed by atoms with van der Waals surface area (Å²) in [5.41, 5.74) is 1.64. The van der Waals surface area contributed by atoms with E-state index in [1.165, 1.54) is 0 Å². The molecule has 0 saturated carbocycles. The summed E-state index contributed by atoms with van der Waals surface area (Å²) >= 11 is 9.29. The van der Waals surface area contributed by atoms with Gasteiger partial charge in [0, 0.05) is 22.5 Å². The molecule has 0 radical (unpaired) electrons. The van der Waals surface area contributed by atoms with Gasteiger partial charge in [-0.25, -0.2) is 0 Å². The molecular formula is C13H17BrClNO. The number of amides is 1. The molecule has 0 unspecified atom stereocenters. The van der Waals surface area contributed by atoms with E-state index in [2.05, 4.69) is 21.2 Å². The molecule has 0 fully saturated rings. The first-order valence-electron chi connectivity index (χ1n) is 5.75. The first kappa shape index (κ1) is 14.5. The fraction of sp³-hybridized carbons (Fsp3) is 0.462. The SMILES string of the molecule is Cc1cc(Cl)cc(C(=O)NCCCCCBr)c1. The Bertz CT molecular complexity index is 361. The van der Waals surface area contributed by atoms with Gasteiger partial charge in [0.25, 0.3) is 5.91 Å².